The van der Waals surface area contributed by atoms with E-state index in [1.165, 1.54) is 17.8 Å². The molecule has 0 bridgehead atoms. The molecule has 2 atom stereocenters. The van der Waals surface area contributed by atoms with Crippen LogP contribution in [0.2, 0.25) is 0 Å². The summed E-state index contributed by atoms with van der Waals surface area (Å²) in [6.45, 7) is 1.83. The molecular formula is C20H21FN4OS. The quantitative estimate of drug-likeness (QED) is 0.843. The molecule has 1 aliphatic heterocycles. The maximum Gasteiger partial charge on any atom is 0.274 e. The van der Waals surface area contributed by atoms with Gasteiger partial charge in [-0.05, 0) is 56.0 Å². The third-order valence-electron chi connectivity index (χ3n) is 5.34. The van der Waals surface area contributed by atoms with Gasteiger partial charge >= 0.3 is 0 Å². The number of benzene rings is 1. The van der Waals surface area contributed by atoms with Crippen LogP contribution in [0.1, 0.15) is 41.0 Å². The zero-order chi connectivity index (χ0) is 19.0. The Kier molecular flexibility index (Phi) is 4.63. The van der Waals surface area contributed by atoms with Crippen LogP contribution in [0.4, 0.5) is 10.1 Å². The number of pyridine rings is 1. The first-order valence-electron chi connectivity index (χ1n) is 9.01. The van der Waals surface area contributed by atoms with Gasteiger partial charge in [0, 0.05) is 22.7 Å². The first-order chi connectivity index (χ1) is 13.0. The van der Waals surface area contributed by atoms with Crippen molar-refractivity contribution in [2.75, 3.05) is 11.1 Å². The van der Waals surface area contributed by atoms with E-state index in [0.717, 1.165) is 30.7 Å². The molecule has 1 amide bonds. The first-order valence-corrected chi connectivity index (χ1v) is 10.00. The summed E-state index contributed by atoms with van der Waals surface area (Å²) in [6, 6.07) is 9.93. The highest BCUT2D eigenvalue weighted by Gasteiger charge is 2.48. The second-order valence-corrected chi connectivity index (χ2v) is 8.13. The number of thioether (sulfide) groups is 1. The summed E-state index contributed by atoms with van der Waals surface area (Å²) in [7, 11) is 0. The lowest BCUT2D eigenvalue weighted by molar-refractivity contribution is 0.102. The number of amides is 1. The third kappa shape index (κ3) is 3.32. The Bertz CT molecular complexity index is 932. The van der Waals surface area contributed by atoms with Crippen LogP contribution in [-0.2, 0) is 5.54 Å². The second kappa shape index (κ2) is 6.96. The first kappa shape index (κ1) is 18.0. The van der Waals surface area contributed by atoms with Crippen molar-refractivity contribution in [1.29, 1.82) is 0 Å². The van der Waals surface area contributed by atoms with Gasteiger partial charge in [0.2, 0.25) is 0 Å². The number of aryl methyl sites for hydroxylation is 1. The lowest BCUT2D eigenvalue weighted by Gasteiger charge is -2.36. The van der Waals surface area contributed by atoms with Gasteiger partial charge in [-0.2, -0.15) is 0 Å². The number of nitrogens with two attached hydrogens (primary N) is 1. The minimum Gasteiger partial charge on any atom is -0.379 e. The van der Waals surface area contributed by atoms with Gasteiger partial charge in [0.1, 0.15) is 11.5 Å². The molecular weight excluding hydrogens is 363 g/mol. The summed E-state index contributed by atoms with van der Waals surface area (Å²) in [5, 5.41) is 3.33. The summed E-state index contributed by atoms with van der Waals surface area (Å²) in [6.07, 6.45) is 2.77. The zero-order valence-corrected chi connectivity index (χ0v) is 15.9. The fraction of sp³-hybridized carbons (Fsp3) is 0.350. The van der Waals surface area contributed by atoms with Gasteiger partial charge in [-0.15, -0.1) is 0 Å². The van der Waals surface area contributed by atoms with Gasteiger partial charge in [-0.1, -0.05) is 24.2 Å². The number of nitrogens with one attached hydrogen (secondary N) is 1. The molecule has 4 rings (SSSR count). The number of amidine groups is 1. The molecule has 1 saturated carbocycles. The predicted octanol–water partition coefficient (Wildman–Crippen LogP) is 3.84. The molecule has 1 aromatic carbocycles. The van der Waals surface area contributed by atoms with Crippen LogP contribution < -0.4 is 11.1 Å². The molecule has 1 aromatic heterocycles. The lowest BCUT2D eigenvalue weighted by atomic mass is 9.81. The van der Waals surface area contributed by atoms with Gasteiger partial charge in [-0.25, -0.2) is 9.37 Å². The monoisotopic (exact) mass is 384 g/mol. The van der Waals surface area contributed by atoms with Crippen LogP contribution in [0.15, 0.2) is 41.4 Å². The number of aromatic nitrogens is 1. The van der Waals surface area contributed by atoms with Crippen molar-refractivity contribution in [3.8, 4) is 0 Å². The molecule has 0 radical (unpaired) electrons. The molecule has 0 saturated heterocycles. The Morgan fingerprint density at radius 3 is 3.04 bits per heavy atom. The average molecular weight is 384 g/mol. The average Bonchev–Trinajstić information content (AvgIpc) is 3.07. The number of hydrogen-bond acceptors (Lipinski definition) is 5. The van der Waals surface area contributed by atoms with Crippen molar-refractivity contribution >= 4 is 28.5 Å². The largest absolute Gasteiger partial charge is 0.379 e. The summed E-state index contributed by atoms with van der Waals surface area (Å²) < 4.78 is 14.8. The number of hydrogen-bond donors (Lipinski definition) is 2. The summed E-state index contributed by atoms with van der Waals surface area (Å²) in [5.41, 5.74) is 7.50. The molecule has 0 unspecified atom stereocenters. The minimum atomic E-state index is -0.623. The normalized spacial score (nSPS) is 24.2. The zero-order valence-electron chi connectivity index (χ0n) is 15.0. The lowest BCUT2D eigenvalue weighted by Crippen LogP contribution is -2.37. The maximum absolute atomic E-state index is 14.8. The number of rotatable bonds is 3. The van der Waals surface area contributed by atoms with Gasteiger partial charge in [0.15, 0.2) is 5.17 Å². The molecule has 1 fully saturated rings. The van der Waals surface area contributed by atoms with Crippen molar-refractivity contribution in [2.24, 2.45) is 16.6 Å². The van der Waals surface area contributed by atoms with E-state index in [-0.39, 0.29) is 17.6 Å². The Balaban J connectivity index is 1.68. The number of nitrogens with zero attached hydrogens (tertiary/aromatic N) is 2. The summed E-state index contributed by atoms with van der Waals surface area (Å²) >= 11 is 1.53. The predicted molar refractivity (Wildman–Crippen MR) is 106 cm³/mol. The summed E-state index contributed by atoms with van der Waals surface area (Å²) in [5.74, 6) is 0.475. The van der Waals surface area contributed by atoms with Crippen molar-refractivity contribution in [3.63, 3.8) is 0 Å². The van der Waals surface area contributed by atoms with Gasteiger partial charge in [-0.3, -0.25) is 9.79 Å². The van der Waals surface area contributed by atoms with Crippen LogP contribution in [0, 0.1) is 18.7 Å². The highest BCUT2D eigenvalue weighted by atomic mass is 32.2. The number of aliphatic imine (C=N–C) groups is 1. The molecule has 7 heteroatoms. The Hall–Kier alpha value is -2.41. The second-order valence-electron chi connectivity index (χ2n) is 7.09. The Morgan fingerprint density at radius 2 is 2.22 bits per heavy atom. The molecule has 27 heavy (non-hydrogen) atoms. The standard InChI is InChI=1S/C20H21FN4OS/c1-12-4-2-6-17(23-12)18(26)24-14-7-8-16(21)15(10-14)20-9-3-5-13(20)11-27-19(22)25-20/h2,4,6-8,10,13H,3,5,9,11H2,1H3,(H2,22,25)(H,24,26)/t13-,20-/m0/s1. The van der Waals surface area contributed by atoms with Crippen molar-refractivity contribution < 1.29 is 9.18 Å². The molecule has 2 aromatic rings. The molecule has 5 nitrogen and oxygen atoms in total. The van der Waals surface area contributed by atoms with Gasteiger partial charge < -0.3 is 11.1 Å². The number of carbonyl (C=O) groups is 1. The summed E-state index contributed by atoms with van der Waals surface area (Å²) in [4.78, 5) is 21.4. The van der Waals surface area contributed by atoms with Crippen LogP contribution in [-0.4, -0.2) is 21.8 Å². The number of halogens is 1. The Morgan fingerprint density at radius 1 is 1.37 bits per heavy atom. The van der Waals surface area contributed by atoms with Crippen LogP contribution in [0.5, 0.6) is 0 Å². The Labute approximate surface area is 161 Å². The molecule has 3 N–H and O–H groups in total. The minimum absolute atomic E-state index is 0.258. The number of carbonyl (C=O) groups excluding carboxylic acids is 1. The van der Waals surface area contributed by atoms with Crippen molar-refractivity contribution in [2.45, 2.75) is 31.7 Å². The smallest absolute Gasteiger partial charge is 0.274 e. The van der Waals surface area contributed by atoms with Gasteiger partial charge in [0.05, 0.1) is 5.54 Å². The number of anilines is 1. The van der Waals surface area contributed by atoms with Crippen LogP contribution in [0.25, 0.3) is 0 Å². The van der Waals surface area contributed by atoms with Crippen LogP contribution in [0.3, 0.4) is 0 Å². The van der Waals surface area contributed by atoms with Gasteiger partial charge in [0.25, 0.3) is 5.91 Å². The topological polar surface area (TPSA) is 80.4 Å². The van der Waals surface area contributed by atoms with Crippen molar-refractivity contribution in [3.05, 3.63) is 59.2 Å². The van der Waals surface area contributed by atoms with E-state index in [2.05, 4.69) is 15.3 Å². The molecule has 2 aliphatic rings. The maximum atomic E-state index is 14.8. The molecule has 2 heterocycles. The fourth-order valence-corrected chi connectivity index (χ4v) is 5.10. The highest BCUT2D eigenvalue weighted by Crippen LogP contribution is 2.51. The van der Waals surface area contributed by atoms with E-state index in [9.17, 15) is 9.18 Å². The highest BCUT2D eigenvalue weighted by molar-refractivity contribution is 8.13. The van der Waals surface area contributed by atoms with Crippen LogP contribution >= 0.6 is 11.8 Å². The van der Waals surface area contributed by atoms with Crippen molar-refractivity contribution in [1.82, 2.24) is 4.98 Å². The van der Waals surface area contributed by atoms with E-state index < -0.39 is 5.54 Å². The van der Waals surface area contributed by atoms with E-state index in [1.54, 1.807) is 24.3 Å². The third-order valence-corrected chi connectivity index (χ3v) is 6.30. The van der Waals surface area contributed by atoms with E-state index in [4.69, 9.17) is 5.73 Å². The van der Waals surface area contributed by atoms with E-state index in [0.29, 0.717) is 22.1 Å². The number of fused-ring (bicyclic) bond motifs is 1. The fourth-order valence-electron chi connectivity index (χ4n) is 4.06. The molecule has 140 valence electrons. The van der Waals surface area contributed by atoms with E-state index >= 15 is 0 Å². The van der Waals surface area contributed by atoms with E-state index in [1.807, 2.05) is 13.0 Å². The molecule has 0 spiro atoms. The SMILES string of the molecule is Cc1cccc(C(=O)Nc2ccc(F)c([C@]34CCC[C@H]3CSC(N)=N4)c2)n1. The molecule has 1 aliphatic carbocycles.